The van der Waals surface area contributed by atoms with Gasteiger partial charge in [0, 0.05) is 23.9 Å². The molecular formula is C15H16F3N5O. The van der Waals surface area contributed by atoms with Crippen LogP contribution in [0.4, 0.5) is 19.0 Å². The molecule has 1 fully saturated rings. The number of aromatic nitrogens is 4. The number of halogens is 3. The maximum atomic E-state index is 12.4. The molecule has 0 atom stereocenters. The molecule has 128 valence electrons. The van der Waals surface area contributed by atoms with Gasteiger partial charge in [0.2, 0.25) is 5.91 Å². The zero-order valence-electron chi connectivity index (χ0n) is 12.7. The van der Waals surface area contributed by atoms with Gasteiger partial charge < -0.3 is 5.32 Å². The molecule has 9 heteroatoms. The Balaban J connectivity index is 1.57. The Morgan fingerprint density at radius 3 is 2.62 bits per heavy atom. The molecule has 3 rings (SSSR count). The molecule has 24 heavy (non-hydrogen) atoms. The molecule has 1 aliphatic carbocycles. The van der Waals surface area contributed by atoms with Crippen LogP contribution in [0.3, 0.4) is 0 Å². The van der Waals surface area contributed by atoms with Crippen LogP contribution in [0.1, 0.15) is 48.7 Å². The van der Waals surface area contributed by atoms with Crippen LogP contribution in [0.2, 0.25) is 0 Å². The first-order valence-electron chi connectivity index (χ1n) is 7.65. The van der Waals surface area contributed by atoms with E-state index in [2.05, 4.69) is 25.5 Å². The summed E-state index contributed by atoms with van der Waals surface area (Å²) >= 11 is 0. The molecule has 1 aliphatic rings. The van der Waals surface area contributed by atoms with Crippen molar-refractivity contribution < 1.29 is 18.0 Å². The van der Waals surface area contributed by atoms with Crippen LogP contribution >= 0.6 is 0 Å². The third kappa shape index (κ3) is 3.90. The Morgan fingerprint density at radius 2 is 2.00 bits per heavy atom. The summed E-state index contributed by atoms with van der Waals surface area (Å²) in [7, 11) is 0. The van der Waals surface area contributed by atoms with Crippen molar-refractivity contribution in [3.05, 3.63) is 35.5 Å². The number of hydrogen-bond donors (Lipinski definition) is 2. The van der Waals surface area contributed by atoms with Crippen LogP contribution in [0, 0.1) is 0 Å². The SMILES string of the molecule is O=C(Cc1cnc(C(F)(F)F)cn1)Nc1cc(C2CCCC2)[nH]n1. The van der Waals surface area contributed by atoms with Crippen molar-refractivity contribution in [2.24, 2.45) is 0 Å². The van der Waals surface area contributed by atoms with Gasteiger partial charge in [0.15, 0.2) is 11.5 Å². The molecule has 0 radical (unpaired) electrons. The molecule has 2 aromatic rings. The van der Waals surface area contributed by atoms with E-state index in [1.165, 1.54) is 12.8 Å². The van der Waals surface area contributed by atoms with Crippen molar-refractivity contribution >= 4 is 11.7 Å². The van der Waals surface area contributed by atoms with Gasteiger partial charge in [-0.05, 0) is 12.8 Å². The van der Waals surface area contributed by atoms with Crippen molar-refractivity contribution in [3.63, 3.8) is 0 Å². The largest absolute Gasteiger partial charge is 0.434 e. The lowest BCUT2D eigenvalue weighted by atomic mass is 10.0. The summed E-state index contributed by atoms with van der Waals surface area (Å²) in [4.78, 5) is 18.8. The molecule has 1 amide bonds. The van der Waals surface area contributed by atoms with Crippen molar-refractivity contribution in [1.29, 1.82) is 0 Å². The van der Waals surface area contributed by atoms with Crippen LogP contribution in [0.15, 0.2) is 18.5 Å². The monoisotopic (exact) mass is 339 g/mol. The highest BCUT2D eigenvalue weighted by Crippen LogP contribution is 2.33. The summed E-state index contributed by atoms with van der Waals surface area (Å²) in [6, 6.07) is 1.80. The number of carbonyl (C=O) groups is 1. The van der Waals surface area contributed by atoms with Crippen molar-refractivity contribution in [2.45, 2.75) is 44.2 Å². The predicted octanol–water partition coefficient (Wildman–Crippen LogP) is 3.06. The van der Waals surface area contributed by atoms with E-state index in [-0.39, 0.29) is 12.1 Å². The van der Waals surface area contributed by atoms with E-state index in [0.29, 0.717) is 17.9 Å². The molecule has 0 unspecified atom stereocenters. The van der Waals surface area contributed by atoms with Crippen LogP contribution in [0.5, 0.6) is 0 Å². The van der Waals surface area contributed by atoms with Crippen LogP contribution < -0.4 is 5.32 Å². The van der Waals surface area contributed by atoms with Crippen molar-refractivity contribution in [1.82, 2.24) is 20.2 Å². The van der Waals surface area contributed by atoms with E-state index in [9.17, 15) is 18.0 Å². The minimum Gasteiger partial charge on any atom is -0.309 e. The summed E-state index contributed by atoms with van der Waals surface area (Å²) in [5.41, 5.74) is 0.0735. The summed E-state index contributed by atoms with van der Waals surface area (Å²) in [6.45, 7) is 0. The Kier molecular flexibility index (Phi) is 4.50. The number of amides is 1. The Bertz CT molecular complexity index is 705. The average molecular weight is 339 g/mol. The second-order valence-corrected chi connectivity index (χ2v) is 5.81. The zero-order valence-corrected chi connectivity index (χ0v) is 12.7. The first-order chi connectivity index (χ1) is 11.4. The van der Waals surface area contributed by atoms with Gasteiger partial charge in [0.1, 0.15) is 0 Å². The smallest absolute Gasteiger partial charge is 0.309 e. The Labute approximate surface area is 135 Å². The normalized spacial score (nSPS) is 15.6. The predicted molar refractivity (Wildman–Crippen MR) is 79.2 cm³/mol. The maximum Gasteiger partial charge on any atom is 0.434 e. The summed E-state index contributed by atoms with van der Waals surface area (Å²) in [5.74, 6) is 0.444. The van der Waals surface area contributed by atoms with Crippen LogP contribution in [0.25, 0.3) is 0 Å². The van der Waals surface area contributed by atoms with E-state index < -0.39 is 17.8 Å². The molecule has 1 saturated carbocycles. The van der Waals surface area contributed by atoms with Gasteiger partial charge in [0.05, 0.1) is 18.3 Å². The van der Waals surface area contributed by atoms with Gasteiger partial charge in [-0.3, -0.25) is 14.9 Å². The first kappa shape index (κ1) is 16.4. The number of alkyl halides is 3. The number of rotatable bonds is 4. The molecule has 2 N–H and O–H groups in total. The van der Waals surface area contributed by atoms with E-state index >= 15 is 0 Å². The highest BCUT2D eigenvalue weighted by molar-refractivity contribution is 5.91. The molecule has 0 aliphatic heterocycles. The van der Waals surface area contributed by atoms with E-state index in [0.717, 1.165) is 24.7 Å². The van der Waals surface area contributed by atoms with Gasteiger partial charge >= 0.3 is 6.18 Å². The fraction of sp³-hybridized carbons (Fsp3) is 0.467. The lowest BCUT2D eigenvalue weighted by Gasteiger charge is -2.06. The Hall–Kier alpha value is -2.45. The first-order valence-corrected chi connectivity index (χ1v) is 7.65. The number of carbonyl (C=O) groups excluding carboxylic acids is 1. The fourth-order valence-corrected chi connectivity index (χ4v) is 2.79. The van der Waals surface area contributed by atoms with Gasteiger partial charge in [-0.2, -0.15) is 18.3 Å². The number of aromatic amines is 1. The lowest BCUT2D eigenvalue weighted by Crippen LogP contribution is -2.16. The minimum absolute atomic E-state index is 0.159. The number of hydrogen-bond acceptors (Lipinski definition) is 4. The average Bonchev–Trinajstić information content (AvgIpc) is 3.17. The van der Waals surface area contributed by atoms with E-state index in [4.69, 9.17) is 0 Å². The van der Waals surface area contributed by atoms with Crippen molar-refractivity contribution in [3.8, 4) is 0 Å². The maximum absolute atomic E-state index is 12.4. The van der Waals surface area contributed by atoms with Gasteiger partial charge in [-0.1, -0.05) is 12.8 Å². The fourth-order valence-electron chi connectivity index (χ4n) is 2.79. The lowest BCUT2D eigenvalue weighted by molar-refractivity contribution is -0.141. The molecule has 0 saturated heterocycles. The quantitative estimate of drug-likeness (QED) is 0.897. The van der Waals surface area contributed by atoms with E-state index in [1.54, 1.807) is 6.07 Å². The zero-order chi connectivity index (χ0) is 17.2. The summed E-state index contributed by atoms with van der Waals surface area (Å²) in [5, 5.41) is 9.58. The molecule has 2 heterocycles. The van der Waals surface area contributed by atoms with Crippen molar-refractivity contribution in [2.75, 3.05) is 5.32 Å². The van der Waals surface area contributed by atoms with Crippen LogP contribution in [-0.4, -0.2) is 26.1 Å². The number of nitrogens with one attached hydrogen (secondary N) is 2. The van der Waals surface area contributed by atoms with Gasteiger partial charge in [0.25, 0.3) is 0 Å². The van der Waals surface area contributed by atoms with Gasteiger partial charge in [-0.25, -0.2) is 4.98 Å². The third-order valence-corrected chi connectivity index (χ3v) is 4.00. The highest BCUT2D eigenvalue weighted by Gasteiger charge is 2.32. The molecular weight excluding hydrogens is 323 g/mol. The van der Waals surface area contributed by atoms with E-state index in [1.807, 2.05) is 0 Å². The minimum atomic E-state index is -4.54. The van der Waals surface area contributed by atoms with Crippen LogP contribution in [-0.2, 0) is 17.4 Å². The highest BCUT2D eigenvalue weighted by atomic mass is 19.4. The second-order valence-electron chi connectivity index (χ2n) is 5.81. The number of H-pyrrole nitrogens is 1. The number of anilines is 1. The third-order valence-electron chi connectivity index (χ3n) is 4.00. The summed E-state index contributed by atoms with van der Waals surface area (Å²) in [6.07, 6.45) is 1.46. The Morgan fingerprint density at radius 1 is 1.25 bits per heavy atom. The standard InChI is InChI=1S/C15H16F3N5O/c16-15(17,18)12-8-19-10(7-20-12)5-14(24)21-13-6-11(22-23-13)9-3-1-2-4-9/h6-9H,1-5H2,(H2,21,22,23,24). The molecule has 0 aromatic carbocycles. The second kappa shape index (κ2) is 6.58. The van der Waals surface area contributed by atoms with Gasteiger partial charge in [-0.15, -0.1) is 0 Å². The number of nitrogens with zero attached hydrogens (tertiary/aromatic N) is 3. The molecule has 0 spiro atoms. The molecule has 0 bridgehead atoms. The summed E-state index contributed by atoms with van der Waals surface area (Å²) < 4.78 is 37.2. The molecule has 2 aromatic heterocycles. The topological polar surface area (TPSA) is 83.6 Å². The molecule has 6 nitrogen and oxygen atoms in total.